The first-order chi connectivity index (χ1) is 12.9. The molecule has 7 heteroatoms. The Morgan fingerprint density at radius 3 is 2.44 bits per heavy atom. The van der Waals surface area contributed by atoms with Crippen molar-refractivity contribution in [2.45, 2.75) is 50.8 Å². The number of piperidine rings is 1. The second-order valence-electron chi connectivity index (χ2n) is 7.43. The highest BCUT2D eigenvalue weighted by Crippen LogP contribution is 2.26. The van der Waals surface area contributed by atoms with Gasteiger partial charge in [-0.1, -0.05) is 32.4 Å². The zero-order chi connectivity index (χ0) is 19.4. The van der Waals surface area contributed by atoms with Gasteiger partial charge in [0.15, 0.2) is 0 Å². The molecule has 0 spiro atoms. The van der Waals surface area contributed by atoms with E-state index in [0.29, 0.717) is 36.7 Å². The maximum atomic E-state index is 12.7. The lowest BCUT2D eigenvalue weighted by molar-refractivity contribution is -0.119. The van der Waals surface area contributed by atoms with Gasteiger partial charge in [0.25, 0.3) is 0 Å². The van der Waals surface area contributed by atoms with Gasteiger partial charge in [-0.05, 0) is 30.9 Å². The largest absolute Gasteiger partial charge is 0.299 e. The molecule has 1 aromatic carbocycles. The second kappa shape index (κ2) is 8.63. The van der Waals surface area contributed by atoms with Crippen LogP contribution in [0.3, 0.4) is 0 Å². The van der Waals surface area contributed by atoms with Gasteiger partial charge in [0, 0.05) is 30.5 Å². The van der Waals surface area contributed by atoms with Crippen LogP contribution in [0, 0.1) is 5.92 Å². The highest BCUT2D eigenvalue weighted by atomic mass is 32.2. The fraction of sp³-hybridized carbons (Fsp3) is 0.500. The van der Waals surface area contributed by atoms with E-state index in [9.17, 15) is 13.2 Å². The fourth-order valence-corrected chi connectivity index (χ4v) is 5.62. The Morgan fingerprint density at radius 2 is 1.81 bits per heavy atom. The number of nitrogens with zero attached hydrogens (tertiary/aromatic N) is 2. The van der Waals surface area contributed by atoms with E-state index in [4.69, 9.17) is 0 Å². The molecule has 0 radical (unpaired) electrons. The lowest BCUT2D eigenvalue weighted by Gasteiger charge is -2.25. The molecule has 5 nitrogen and oxygen atoms in total. The number of carbonyl (C=O) groups is 1. The Labute approximate surface area is 165 Å². The SMILES string of the molecule is CC(C)CC(=O)Cc1nc(-c2ccc(S(=O)(=O)N3CCCCC3)cc2)cs1. The van der Waals surface area contributed by atoms with Gasteiger partial charge in [0.2, 0.25) is 10.0 Å². The summed E-state index contributed by atoms with van der Waals surface area (Å²) in [6.07, 6.45) is 3.88. The average molecular weight is 407 g/mol. The number of ketones is 1. The molecule has 1 fully saturated rings. The molecule has 1 aliphatic rings. The van der Waals surface area contributed by atoms with Crippen molar-refractivity contribution < 1.29 is 13.2 Å². The maximum absolute atomic E-state index is 12.7. The number of hydrogen-bond acceptors (Lipinski definition) is 5. The van der Waals surface area contributed by atoms with Crippen LogP contribution in [0.4, 0.5) is 0 Å². The molecule has 1 saturated heterocycles. The Kier molecular flexibility index (Phi) is 6.44. The first-order valence-corrected chi connectivity index (χ1v) is 11.7. The Balaban J connectivity index is 1.71. The second-order valence-corrected chi connectivity index (χ2v) is 10.3. The summed E-state index contributed by atoms with van der Waals surface area (Å²) in [7, 11) is -3.41. The van der Waals surface area contributed by atoms with Crippen molar-refractivity contribution in [3.05, 3.63) is 34.7 Å². The summed E-state index contributed by atoms with van der Waals surface area (Å²) in [5, 5.41) is 2.73. The van der Waals surface area contributed by atoms with Gasteiger partial charge in [0.1, 0.15) is 10.8 Å². The summed E-state index contributed by atoms with van der Waals surface area (Å²) < 4.78 is 27.0. The van der Waals surface area contributed by atoms with Gasteiger partial charge in [-0.15, -0.1) is 11.3 Å². The molecule has 27 heavy (non-hydrogen) atoms. The van der Waals surface area contributed by atoms with Crippen molar-refractivity contribution in [2.75, 3.05) is 13.1 Å². The summed E-state index contributed by atoms with van der Waals surface area (Å²) >= 11 is 1.47. The highest BCUT2D eigenvalue weighted by Gasteiger charge is 2.25. The van der Waals surface area contributed by atoms with Crippen LogP contribution in [-0.4, -0.2) is 36.6 Å². The fourth-order valence-electron chi connectivity index (χ4n) is 3.27. The van der Waals surface area contributed by atoms with Crippen LogP contribution in [0.5, 0.6) is 0 Å². The minimum atomic E-state index is -3.41. The predicted molar refractivity (Wildman–Crippen MR) is 108 cm³/mol. The third kappa shape index (κ3) is 5.03. The predicted octanol–water partition coefficient (Wildman–Crippen LogP) is 4.14. The molecule has 146 valence electrons. The van der Waals surface area contributed by atoms with Crippen LogP contribution < -0.4 is 0 Å². The minimum absolute atomic E-state index is 0.203. The summed E-state index contributed by atoms with van der Waals surface area (Å²) in [5.74, 6) is 0.556. The number of benzene rings is 1. The van der Waals surface area contributed by atoms with Gasteiger partial charge in [-0.3, -0.25) is 4.79 Å². The highest BCUT2D eigenvalue weighted by molar-refractivity contribution is 7.89. The van der Waals surface area contributed by atoms with Crippen molar-refractivity contribution in [2.24, 2.45) is 5.92 Å². The van der Waals surface area contributed by atoms with E-state index in [1.807, 2.05) is 19.2 Å². The molecule has 3 rings (SSSR count). The number of Topliss-reactive ketones (excluding diaryl/α,β-unsaturated/α-hetero) is 1. The van der Waals surface area contributed by atoms with E-state index in [1.165, 1.54) is 11.3 Å². The third-order valence-corrected chi connectivity index (χ3v) is 7.40. The molecule has 2 aromatic rings. The molecule has 0 unspecified atom stereocenters. The van der Waals surface area contributed by atoms with E-state index < -0.39 is 10.0 Å². The summed E-state index contributed by atoms with van der Waals surface area (Å²) in [6.45, 7) is 5.27. The molecule has 0 atom stereocenters. The van der Waals surface area contributed by atoms with Crippen molar-refractivity contribution >= 4 is 27.1 Å². The number of aromatic nitrogens is 1. The number of carbonyl (C=O) groups excluding carboxylic acids is 1. The number of thiazole rings is 1. The van der Waals surface area contributed by atoms with Crippen LogP contribution in [0.15, 0.2) is 34.5 Å². The van der Waals surface area contributed by atoms with Crippen LogP contribution in [0.25, 0.3) is 11.3 Å². The monoisotopic (exact) mass is 406 g/mol. The third-order valence-electron chi connectivity index (χ3n) is 4.64. The molecule has 0 N–H and O–H groups in total. The van der Waals surface area contributed by atoms with Crippen molar-refractivity contribution in [1.29, 1.82) is 0 Å². The van der Waals surface area contributed by atoms with E-state index in [0.717, 1.165) is 35.5 Å². The summed E-state index contributed by atoms with van der Waals surface area (Å²) in [6, 6.07) is 6.90. The molecule has 0 saturated carbocycles. The standard InChI is InChI=1S/C20H26N2O3S2/c1-15(2)12-17(23)13-20-21-19(14-26-20)16-6-8-18(9-7-16)27(24,25)22-10-4-3-5-11-22/h6-9,14-15H,3-5,10-13H2,1-2H3. The van der Waals surface area contributed by atoms with E-state index in [-0.39, 0.29) is 5.78 Å². The summed E-state index contributed by atoms with van der Waals surface area (Å²) in [5.41, 5.74) is 1.65. The molecule has 0 aliphatic carbocycles. The lowest BCUT2D eigenvalue weighted by atomic mass is 10.1. The number of rotatable bonds is 7. The molecular formula is C20H26N2O3S2. The zero-order valence-electron chi connectivity index (χ0n) is 15.8. The Hall–Kier alpha value is -1.57. The Morgan fingerprint density at radius 1 is 1.15 bits per heavy atom. The maximum Gasteiger partial charge on any atom is 0.243 e. The topological polar surface area (TPSA) is 67.3 Å². The number of sulfonamides is 1. The lowest BCUT2D eigenvalue weighted by Crippen LogP contribution is -2.35. The quantitative estimate of drug-likeness (QED) is 0.693. The van der Waals surface area contributed by atoms with Gasteiger partial charge in [-0.2, -0.15) is 4.31 Å². The van der Waals surface area contributed by atoms with Gasteiger partial charge in [0.05, 0.1) is 17.0 Å². The Bertz CT molecular complexity index is 880. The first kappa shape index (κ1) is 20.2. The van der Waals surface area contributed by atoms with E-state index in [2.05, 4.69) is 4.98 Å². The van der Waals surface area contributed by atoms with Gasteiger partial charge in [-0.25, -0.2) is 13.4 Å². The van der Waals surface area contributed by atoms with Gasteiger partial charge >= 0.3 is 0 Å². The van der Waals surface area contributed by atoms with Crippen LogP contribution in [0.2, 0.25) is 0 Å². The van der Waals surface area contributed by atoms with Crippen LogP contribution in [-0.2, 0) is 21.2 Å². The van der Waals surface area contributed by atoms with Gasteiger partial charge < -0.3 is 0 Å². The first-order valence-electron chi connectivity index (χ1n) is 9.43. The van der Waals surface area contributed by atoms with Crippen molar-refractivity contribution in [3.63, 3.8) is 0 Å². The van der Waals surface area contributed by atoms with E-state index >= 15 is 0 Å². The summed E-state index contributed by atoms with van der Waals surface area (Å²) in [4.78, 5) is 16.8. The average Bonchev–Trinajstić information content (AvgIpc) is 3.10. The molecule has 1 aromatic heterocycles. The van der Waals surface area contributed by atoms with Crippen molar-refractivity contribution in [3.8, 4) is 11.3 Å². The smallest absolute Gasteiger partial charge is 0.243 e. The minimum Gasteiger partial charge on any atom is -0.299 e. The molecule has 0 bridgehead atoms. The van der Waals surface area contributed by atoms with Crippen LogP contribution >= 0.6 is 11.3 Å². The number of hydrogen-bond donors (Lipinski definition) is 0. The normalized spacial score (nSPS) is 16.0. The molecular weight excluding hydrogens is 380 g/mol. The van der Waals surface area contributed by atoms with Crippen molar-refractivity contribution in [1.82, 2.24) is 9.29 Å². The molecule has 1 aliphatic heterocycles. The van der Waals surface area contributed by atoms with E-state index in [1.54, 1.807) is 28.6 Å². The molecule has 0 amide bonds. The zero-order valence-corrected chi connectivity index (χ0v) is 17.5. The van der Waals surface area contributed by atoms with Crippen LogP contribution in [0.1, 0.15) is 44.5 Å². The molecule has 2 heterocycles.